The number of unbranched alkanes of at least 4 members (excludes halogenated alkanes) is 49. The Balaban J connectivity index is 5.17. The SMILES string of the molecule is CCCCCCCCCCCCCCCCCCCCCCCC(=O)O[C@H](COC(=O)CCCCCCCCCCCCCCCC(C)C)COP(=O)(O)OC[C@@H](O)COP(=O)(O)OC[C@@H](COC(=O)CCCCCCCCC)OC(=O)CCCCCCCCCCCCCCC(C)C. The smallest absolute Gasteiger partial charge is 0.462 e. The number of carbonyl (C=O) groups excluding carboxylic acids is 4. The van der Waals surface area contributed by atoms with E-state index in [1.165, 1.54) is 225 Å². The van der Waals surface area contributed by atoms with Gasteiger partial charge in [0.15, 0.2) is 12.2 Å². The highest BCUT2D eigenvalue weighted by atomic mass is 31.2. The fourth-order valence-corrected chi connectivity index (χ4v) is 13.9. The Morgan fingerprint density at radius 1 is 0.273 bits per heavy atom. The highest BCUT2D eigenvalue weighted by Gasteiger charge is 2.30. The summed E-state index contributed by atoms with van der Waals surface area (Å²) in [7, 11) is -9.91. The second kappa shape index (κ2) is 71.7. The molecule has 0 rings (SSSR count). The van der Waals surface area contributed by atoms with Crippen LogP contribution in [0.4, 0.5) is 0 Å². The van der Waals surface area contributed by atoms with Crippen molar-refractivity contribution in [3.8, 4) is 0 Å². The molecule has 0 aromatic heterocycles. The minimum atomic E-state index is -4.96. The number of phosphoric ester groups is 2. The zero-order valence-electron chi connectivity index (χ0n) is 64.8. The fraction of sp³-hybridized carbons (Fsp3) is 0.950. The van der Waals surface area contributed by atoms with Crippen LogP contribution in [0.3, 0.4) is 0 Å². The van der Waals surface area contributed by atoms with Crippen LogP contribution in [0.15, 0.2) is 0 Å². The van der Waals surface area contributed by atoms with E-state index in [9.17, 15) is 43.2 Å². The third-order valence-corrected chi connectivity index (χ3v) is 20.6. The van der Waals surface area contributed by atoms with E-state index in [4.69, 9.17) is 37.0 Å². The van der Waals surface area contributed by atoms with Crippen molar-refractivity contribution < 1.29 is 80.2 Å². The number of carbonyl (C=O) groups is 4. The van der Waals surface area contributed by atoms with Crippen molar-refractivity contribution in [2.24, 2.45) is 11.8 Å². The molecule has 0 amide bonds. The second-order valence-electron chi connectivity index (χ2n) is 29.8. The number of ether oxygens (including phenoxy) is 4. The van der Waals surface area contributed by atoms with Gasteiger partial charge in [-0.3, -0.25) is 37.3 Å². The van der Waals surface area contributed by atoms with E-state index >= 15 is 0 Å². The number of hydrogen-bond donors (Lipinski definition) is 3. The first-order chi connectivity index (χ1) is 47.9. The fourth-order valence-electron chi connectivity index (χ4n) is 12.4. The maximum atomic E-state index is 13.1. The molecule has 19 heteroatoms. The van der Waals surface area contributed by atoms with Crippen LogP contribution in [0, 0.1) is 11.8 Å². The van der Waals surface area contributed by atoms with Crippen LogP contribution in [0.5, 0.6) is 0 Å². The van der Waals surface area contributed by atoms with Gasteiger partial charge in [0.05, 0.1) is 26.4 Å². The molecule has 0 radical (unpaired) electrons. The van der Waals surface area contributed by atoms with Gasteiger partial charge in [-0.05, 0) is 37.5 Å². The maximum absolute atomic E-state index is 13.1. The molecule has 0 aromatic carbocycles. The van der Waals surface area contributed by atoms with Gasteiger partial charge < -0.3 is 33.8 Å². The molecule has 2 unspecified atom stereocenters. The van der Waals surface area contributed by atoms with Gasteiger partial charge in [-0.15, -0.1) is 0 Å². The Hall–Kier alpha value is -1.94. The lowest BCUT2D eigenvalue weighted by Crippen LogP contribution is -2.30. The minimum absolute atomic E-state index is 0.107. The highest BCUT2D eigenvalue weighted by Crippen LogP contribution is 2.45. The van der Waals surface area contributed by atoms with Gasteiger partial charge in [0.1, 0.15) is 19.3 Å². The molecule has 0 aliphatic heterocycles. The number of aliphatic hydroxyl groups is 1. The van der Waals surface area contributed by atoms with E-state index in [0.717, 1.165) is 115 Å². The molecule has 588 valence electrons. The van der Waals surface area contributed by atoms with E-state index in [1.54, 1.807) is 0 Å². The predicted octanol–water partition coefficient (Wildman–Crippen LogP) is 23.9. The molecule has 0 bridgehead atoms. The number of esters is 4. The second-order valence-corrected chi connectivity index (χ2v) is 32.7. The first kappa shape index (κ1) is 97.1. The largest absolute Gasteiger partial charge is 0.472 e. The summed E-state index contributed by atoms with van der Waals surface area (Å²) < 4.78 is 68.6. The van der Waals surface area contributed by atoms with Crippen molar-refractivity contribution in [1.82, 2.24) is 0 Å². The summed E-state index contributed by atoms with van der Waals surface area (Å²) in [5.74, 6) is -0.547. The van der Waals surface area contributed by atoms with Crippen LogP contribution in [0.25, 0.3) is 0 Å². The molecule has 3 N–H and O–H groups in total. The van der Waals surface area contributed by atoms with Gasteiger partial charge in [-0.25, -0.2) is 9.13 Å². The molecule has 0 aliphatic carbocycles. The zero-order valence-corrected chi connectivity index (χ0v) is 66.6. The molecular formula is C80H156O17P2. The molecule has 0 spiro atoms. The van der Waals surface area contributed by atoms with Gasteiger partial charge in [0, 0.05) is 25.7 Å². The molecule has 0 saturated heterocycles. The monoisotopic (exact) mass is 1450 g/mol. The number of rotatable bonds is 79. The van der Waals surface area contributed by atoms with Crippen LogP contribution < -0.4 is 0 Å². The topological polar surface area (TPSA) is 237 Å². The lowest BCUT2D eigenvalue weighted by atomic mass is 10.0. The third-order valence-electron chi connectivity index (χ3n) is 18.7. The lowest BCUT2D eigenvalue weighted by Gasteiger charge is -2.21. The van der Waals surface area contributed by atoms with Gasteiger partial charge in [-0.2, -0.15) is 0 Å². The number of hydrogen-bond acceptors (Lipinski definition) is 15. The molecule has 0 aromatic rings. The maximum Gasteiger partial charge on any atom is 0.472 e. The Morgan fingerprint density at radius 3 is 0.687 bits per heavy atom. The number of phosphoric acid groups is 2. The first-order valence-corrected chi connectivity index (χ1v) is 44.5. The Morgan fingerprint density at radius 2 is 0.465 bits per heavy atom. The van der Waals surface area contributed by atoms with Crippen molar-refractivity contribution >= 4 is 39.5 Å². The predicted molar refractivity (Wildman–Crippen MR) is 405 cm³/mol. The molecular weight excluding hydrogens is 1290 g/mol. The van der Waals surface area contributed by atoms with Crippen molar-refractivity contribution in [2.45, 2.75) is 439 Å². The lowest BCUT2D eigenvalue weighted by molar-refractivity contribution is -0.161. The molecule has 0 aliphatic rings. The molecule has 17 nitrogen and oxygen atoms in total. The van der Waals surface area contributed by atoms with Crippen LogP contribution in [-0.2, 0) is 65.4 Å². The number of aliphatic hydroxyl groups excluding tert-OH is 1. The quantitative estimate of drug-likeness (QED) is 0.0222. The van der Waals surface area contributed by atoms with E-state index in [2.05, 4.69) is 41.5 Å². The molecule has 99 heavy (non-hydrogen) atoms. The summed E-state index contributed by atoms with van der Waals surface area (Å²) in [6.45, 7) is 9.61. The van der Waals surface area contributed by atoms with Crippen molar-refractivity contribution in [3.63, 3.8) is 0 Å². The molecule has 0 heterocycles. The van der Waals surface area contributed by atoms with Crippen molar-refractivity contribution in [3.05, 3.63) is 0 Å². The third kappa shape index (κ3) is 74.1. The Bertz CT molecular complexity index is 1910. The molecule has 0 saturated carbocycles. The van der Waals surface area contributed by atoms with E-state index in [-0.39, 0.29) is 25.7 Å². The van der Waals surface area contributed by atoms with Crippen LogP contribution in [0.1, 0.15) is 420 Å². The Kier molecular flexibility index (Phi) is 70.3. The first-order valence-electron chi connectivity index (χ1n) is 41.5. The summed E-state index contributed by atoms with van der Waals surface area (Å²) in [5.41, 5.74) is 0. The summed E-state index contributed by atoms with van der Waals surface area (Å²) >= 11 is 0. The van der Waals surface area contributed by atoms with Crippen LogP contribution in [-0.4, -0.2) is 96.7 Å². The zero-order chi connectivity index (χ0) is 72.8. The van der Waals surface area contributed by atoms with Gasteiger partial charge in [0.2, 0.25) is 0 Å². The van der Waals surface area contributed by atoms with E-state index in [1.807, 2.05) is 0 Å². The summed E-state index contributed by atoms with van der Waals surface area (Å²) in [4.78, 5) is 72.8. The summed E-state index contributed by atoms with van der Waals surface area (Å²) in [6.07, 6.45) is 61.3. The van der Waals surface area contributed by atoms with Crippen molar-refractivity contribution in [1.29, 1.82) is 0 Å². The Labute approximate surface area is 607 Å². The summed E-state index contributed by atoms with van der Waals surface area (Å²) in [5, 5.41) is 10.6. The highest BCUT2D eigenvalue weighted by molar-refractivity contribution is 7.47. The summed E-state index contributed by atoms with van der Waals surface area (Å²) in [6, 6.07) is 0. The van der Waals surface area contributed by atoms with E-state index < -0.39 is 97.5 Å². The van der Waals surface area contributed by atoms with Crippen LogP contribution >= 0.6 is 15.6 Å². The average Bonchev–Trinajstić information content (AvgIpc) is 1.06. The molecule has 0 fully saturated rings. The standard InChI is InChI=1S/C80H156O17P2/c1-7-9-11-13-15-16-17-18-19-20-21-22-23-24-25-28-35-40-46-52-58-64-80(85)97-76(69-91-78(83)63-57-51-45-39-34-29-26-27-32-37-43-48-54-60-72(3)4)71-95-99(88,89)93-67-74(81)66-92-98(86,87)94-70-75(68-90-77(82)62-56-50-42-14-12-10-8-2)96-79(84)65-59-53-47-41-36-31-30-33-38-44-49-55-61-73(5)6/h72-76,81H,7-71H2,1-6H3,(H,86,87)(H,88,89)/t74-,75+,76+/m0/s1. The van der Waals surface area contributed by atoms with E-state index in [0.29, 0.717) is 25.7 Å². The van der Waals surface area contributed by atoms with Gasteiger partial charge >= 0.3 is 39.5 Å². The van der Waals surface area contributed by atoms with Gasteiger partial charge in [0.25, 0.3) is 0 Å². The van der Waals surface area contributed by atoms with Crippen molar-refractivity contribution in [2.75, 3.05) is 39.6 Å². The van der Waals surface area contributed by atoms with Crippen LogP contribution in [0.2, 0.25) is 0 Å². The average molecular weight is 1450 g/mol. The molecule has 5 atom stereocenters. The minimum Gasteiger partial charge on any atom is -0.462 e. The normalized spacial score (nSPS) is 13.9. The van der Waals surface area contributed by atoms with Gasteiger partial charge in [-0.1, -0.05) is 369 Å².